The fraction of sp³-hybridized carbons (Fsp3) is 0.107. The summed E-state index contributed by atoms with van der Waals surface area (Å²) in [6.45, 7) is 6.41. The lowest BCUT2D eigenvalue weighted by Gasteiger charge is -2.15. The summed E-state index contributed by atoms with van der Waals surface area (Å²) < 4.78 is 2.18. The first-order chi connectivity index (χ1) is 15.1. The van der Waals surface area contributed by atoms with Gasteiger partial charge in [0, 0.05) is 22.8 Å². The third kappa shape index (κ3) is 3.59. The number of aromatic nitrogens is 2. The maximum Gasteiger partial charge on any atom is 0.146 e. The van der Waals surface area contributed by atoms with E-state index in [-0.39, 0.29) is 0 Å². The molecule has 0 aliphatic rings. The SMILES string of the molecule is Cc1cc(C)c(Nc2ccc3ccn(-c4ccccc4-c4ccccc4)c3n2)c(C)c1. The van der Waals surface area contributed by atoms with Gasteiger partial charge in [-0.25, -0.2) is 4.98 Å². The van der Waals surface area contributed by atoms with Crippen LogP contribution >= 0.6 is 0 Å². The van der Waals surface area contributed by atoms with Gasteiger partial charge < -0.3 is 9.88 Å². The van der Waals surface area contributed by atoms with Gasteiger partial charge in [-0.1, -0.05) is 66.2 Å². The first-order valence-corrected chi connectivity index (χ1v) is 10.6. The van der Waals surface area contributed by atoms with Crippen LogP contribution in [0, 0.1) is 20.8 Å². The van der Waals surface area contributed by atoms with E-state index in [1.165, 1.54) is 27.8 Å². The molecule has 0 radical (unpaired) electrons. The highest BCUT2D eigenvalue weighted by molar-refractivity contribution is 5.84. The Morgan fingerprint density at radius 2 is 1.45 bits per heavy atom. The molecule has 0 atom stereocenters. The summed E-state index contributed by atoms with van der Waals surface area (Å²) >= 11 is 0. The van der Waals surface area contributed by atoms with Gasteiger partial charge >= 0.3 is 0 Å². The largest absolute Gasteiger partial charge is 0.340 e. The monoisotopic (exact) mass is 403 g/mol. The zero-order valence-corrected chi connectivity index (χ0v) is 18.1. The molecule has 0 aliphatic carbocycles. The molecule has 0 saturated heterocycles. The molecule has 0 unspecified atom stereocenters. The van der Waals surface area contributed by atoms with Gasteiger partial charge in [0.05, 0.1) is 5.69 Å². The fourth-order valence-corrected chi connectivity index (χ4v) is 4.32. The van der Waals surface area contributed by atoms with Crippen molar-refractivity contribution in [1.29, 1.82) is 0 Å². The van der Waals surface area contributed by atoms with Crippen LogP contribution in [0.2, 0.25) is 0 Å². The molecule has 0 saturated carbocycles. The van der Waals surface area contributed by atoms with Crippen LogP contribution in [-0.2, 0) is 0 Å². The minimum absolute atomic E-state index is 0.847. The number of hydrogen-bond acceptors (Lipinski definition) is 2. The number of para-hydroxylation sites is 1. The van der Waals surface area contributed by atoms with Crippen molar-refractivity contribution in [3.63, 3.8) is 0 Å². The molecule has 0 spiro atoms. The number of rotatable bonds is 4. The summed E-state index contributed by atoms with van der Waals surface area (Å²) in [6.07, 6.45) is 2.10. The minimum atomic E-state index is 0.847. The van der Waals surface area contributed by atoms with Gasteiger partial charge in [0.25, 0.3) is 0 Å². The van der Waals surface area contributed by atoms with Crippen LogP contribution in [0.3, 0.4) is 0 Å². The van der Waals surface area contributed by atoms with Crippen LogP contribution in [0.4, 0.5) is 11.5 Å². The Bertz CT molecular complexity index is 1360. The lowest BCUT2D eigenvalue weighted by molar-refractivity contribution is 1.09. The van der Waals surface area contributed by atoms with E-state index < -0.39 is 0 Å². The average Bonchev–Trinajstić information content (AvgIpc) is 3.20. The van der Waals surface area contributed by atoms with Gasteiger partial charge in [0.2, 0.25) is 0 Å². The van der Waals surface area contributed by atoms with E-state index in [4.69, 9.17) is 4.98 Å². The van der Waals surface area contributed by atoms with Gasteiger partial charge in [-0.15, -0.1) is 0 Å². The molecular weight excluding hydrogens is 378 g/mol. The molecule has 31 heavy (non-hydrogen) atoms. The number of benzene rings is 3. The Hall–Kier alpha value is -3.85. The molecule has 2 heterocycles. The van der Waals surface area contributed by atoms with E-state index in [0.29, 0.717) is 0 Å². The number of pyridine rings is 1. The minimum Gasteiger partial charge on any atom is -0.340 e. The lowest BCUT2D eigenvalue weighted by atomic mass is 10.0. The summed E-state index contributed by atoms with van der Waals surface area (Å²) in [5.74, 6) is 0.847. The van der Waals surface area contributed by atoms with Crippen LogP contribution in [0.15, 0.2) is 91.1 Å². The Kier molecular flexibility index (Phi) is 4.79. The summed E-state index contributed by atoms with van der Waals surface area (Å²) in [4.78, 5) is 5.00. The van der Waals surface area contributed by atoms with Crippen LogP contribution in [-0.4, -0.2) is 9.55 Å². The van der Waals surface area contributed by atoms with Crippen molar-refractivity contribution in [2.75, 3.05) is 5.32 Å². The molecule has 1 N–H and O–H groups in total. The van der Waals surface area contributed by atoms with E-state index >= 15 is 0 Å². The van der Waals surface area contributed by atoms with Crippen molar-refractivity contribution < 1.29 is 0 Å². The molecular formula is C28H25N3. The summed E-state index contributed by atoms with van der Waals surface area (Å²) in [7, 11) is 0. The zero-order chi connectivity index (χ0) is 21.4. The van der Waals surface area contributed by atoms with E-state index in [1.54, 1.807) is 0 Å². The number of anilines is 2. The van der Waals surface area contributed by atoms with Gasteiger partial charge in [-0.3, -0.25) is 0 Å². The Morgan fingerprint density at radius 3 is 2.23 bits per heavy atom. The smallest absolute Gasteiger partial charge is 0.146 e. The van der Waals surface area contributed by atoms with E-state index in [9.17, 15) is 0 Å². The Labute approximate surface area is 183 Å². The van der Waals surface area contributed by atoms with Crippen molar-refractivity contribution in [2.45, 2.75) is 20.8 Å². The van der Waals surface area contributed by atoms with Gasteiger partial charge in [0.1, 0.15) is 11.5 Å². The first-order valence-electron chi connectivity index (χ1n) is 10.6. The molecule has 0 aliphatic heterocycles. The lowest BCUT2D eigenvalue weighted by Crippen LogP contribution is -2.01. The summed E-state index contributed by atoms with van der Waals surface area (Å²) in [6, 6.07) is 29.7. The second kappa shape index (κ2) is 7.77. The van der Waals surface area contributed by atoms with Gasteiger partial charge in [-0.05, 0) is 61.7 Å². The Morgan fingerprint density at radius 1 is 0.742 bits per heavy atom. The summed E-state index contributed by atoms with van der Waals surface area (Å²) in [5.41, 5.74) is 9.29. The van der Waals surface area contributed by atoms with Crippen LogP contribution in [0.25, 0.3) is 27.8 Å². The zero-order valence-electron chi connectivity index (χ0n) is 18.1. The number of nitrogens with zero attached hydrogens (tertiary/aromatic N) is 2. The molecule has 3 heteroatoms. The molecule has 2 aromatic heterocycles. The van der Waals surface area contributed by atoms with Crippen LogP contribution < -0.4 is 5.32 Å². The molecule has 5 rings (SSSR count). The molecule has 3 nitrogen and oxygen atoms in total. The highest BCUT2D eigenvalue weighted by atomic mass is 15.1. The van der Waals surface area contributed by atoms with Crippen LogP contribution in [0.1, 0.15) is 16.7 Å². The van der Waals surface area contributed by atoms with Crippen molar-refractivity contribution in [3.05, 3.63) is 108 Å². The third-order valence-corrected chi connectivity index (χ3v) is 5.72. The van der Waals surface area contributed by atoms with Crippen molar-refractivity contribution >= 4 is 22.5 Å². The van der Waals surface area contributed by atoms with E-state index in [2.05, 4.69) is 116 Å². The van der Waals surface area contributed by atoms with E-state index in [0.717, 1.165) is 28.2 Å². The molecule has 152 valence electrons. The first kappa shape index (κ1) is 19.1. The van der Waals surface area contributed by atoms with Crippen molar-refractivity contribution in [3.8, 4) is 16.8 Å². The number of hydrogen-bond donors (Lipinski definition) is 1. The van der Waals surface area contributed by atoms with Crippen LogP contribution in [0.5, 0.6) is 0 Å². The summed E-state index contributed by atoms with van der Waals surface area (Å²) in [5, 5.41) is 4.67. The Balaban J connectivity index is 1.61. The molecule has 0 fully saturated rings. The quantitative estimate of drug-likeness (QED) is 0.340. The second-order valence-corrected chi connectivity index (χ2v) is 8.08. The highest BCUT2D eigenvalue weighted by Gasteiger charge is 2.12. The normalized spacial score (nSPS) is 11.1. The molecule has 3 aromatic carbocycles. The molecule has 0 bridgehead atoms. The predicted molar refractivity (Wildman–Crippen MR) is 130 cm³/mol. The number of fused-ring (bicyclic) bond motifs is 1. The molecule has 0 amide bonds. The topological polar surface area (TPSA) is 29.9 Å². The second-order valence-electron chi connectivity index (χ2n) is 8.08. The third-order valence-electron chi connectivity index (χ3n) is 5.72. The van der Waals surface area contributed by atoms with Crippen molar-refractivity contribution in [2.24, 2.45) is 0 Å². The highest BCUT2D eigenvalue weighted by Crippen LogP contribution is 2.31. The average molecular weight is 404 g/mol. The van der Waals surface area contributed by atoms with Gasteiger partial charge in [-0.2, -0.15) is 0 Å². The molecule has 5 aromatic rings. The van der Waals surface area contributed by atoms with Crippen molar-refractivity contribution in [1.82, 2.24) is 9.55 Å². The number of aryl methyl sites for hydroxylation is 3. The predicted octanol–water partition coefficient (Wildman–Crippen LogP) is 7.36. The van der Waals surface area contributed by atoms with Gasteiger partial charge in [0.15, 0.2) is 0 Å². The number of nitrogens with one attached hydrogen (secondary N) is 1. The van der Waals surface area contributed by atoms with E-state index in [1.807, 2.05) is 6.07 Å². The standard InChI is InChI=1S/C28H25N3/c1-19-17-20(2)27(21(3)18-19)29-26-14-13-23-15-16-31(28(23)30-26)25-12-8-7-11-24(25)22-9-5-4-6-10-22/h4-18H,1-3H3,(H,29,30). The fourth-order valence-electron chi connectivity index (χ4n) is 4.32. The maximum absolute atomic E-state index is 5.00. The maximum atomic E-state index is 5.00.